The Kier molecular flexibility index (Phi) is 4.45. The van der Waals surface area contributed by atoms with Crippen molar-refractivity contribution in [3.8, 4) is 0 Å². The molecular weight excluding hydrogens is 251 g/mol. The minimum atomic E-state index is -4.46. The lowest BCUT2D eigenvalue weighted by Gasteiger charge is -2.37. The quantitative estimate of drug-likeness (QED) is 0.429. The van der Waals surface area contributed by atoms with Gasteiger partial charge in [0.1, 0.15) is 0 Å². The molecule has 2 nitrogen and oxygen atoms in total. The van der Waals surface area contributed by atoms with Crippen LogP contribution in [-0.2, 0) is 9.47 Å². The van der Waals surface area contributed by atoms with E-state index >= 15 is 0 Å². The van der Waals surface area contributed by atoms with Crippen molar-refractivity contribution < 1.29 is 27.0 Å². The molecule has 0 amide bonds. The van der Waals surface area contributed by atoms with Crippen LogP contribution in [0.3, 0.4) is 0 Å². The molecule has 0 bridgehead atoms. The third-order valence-corrected chi connectivity index (χ3v) is 1.88. The maximum Gasteiger partial charge on any atom is 0.382 e. The molecule has 0 saturated carbocycles. The van der Waals surface area contributed by atoms with E-state index in [4.69, 9.17) is 0 Å². The van der Waals surface area contributed by atoms with E-state index in [2.05, 4.69) is 32.7 Å². The molecule has 0 fully saturated rings. The van der Waals surface area contributed by atoms with Gasteiger partial charge in [0, 0.05) is 13.7 Å². The number of methoxy groups -OCH3 is 1. The fourth-order valence-corrected chi connectivity index (χ4v) is 1.37. The Morgan fingerprint density at radius 2 is 1.43 bits per heavy atom. The van der Waals surface area contributed by atoms with E-state index in [1.807, 2.05) is 0 Å². The predicted octanol–water partition coefficient (Wildman–Crippen LogP) is 3.03. The van der Waals surface area contributed by atoms with Gasteiger partial charge in [0.15, 0.2) is 0 Å². The summed E-state index contributed by atoms with van der Waals surface area (Å²) >= 11 is 8.94. The summed E-state index contributed by atoms with van der Waals surface area (Å²) in [6.45, 7) is 0.761. The smallest absolute Gasteiger partial charge is 0.341 e. The minimum Gasteiger partial charge on any atom is -0.341 e. The highest BCUT2D eigenvalue weighted by molar-refractivity contribution is 6.26. The Morgan fingerprint density at radius 3 is 1.50 bits per heavy atom. The van der Waals surface area contributed by atoms with Gasteiger partial charge in [-0.3, -0.25) is 0 Å². The average Bonchev–Trinajstić information content (AvgIpc) is 1.94. The van der Waals surface area contributed by atoms with Crippen LogP contribution in [0.5, 0.6) is 0 Å². The van der Waals surface area contributed by atoms with Crippen LogP contribution in [0.4, 0.5) is 17.6 Å². The molecule has 0 rings (SSSR count). The average molecular weight is 259 g/mol. The summed E-state index contributed by atoms with van der Waals surface area (Å²) in [5, 5.41) is -8.91. The summed E-state index contributed by atoms with van der Waals surface area (Å²) in [6, 6.07) is 0. The molecule has 0 spiro atoms. The van der Waals surface area contributed by atoms with Gasteiger partial charge in [-0.05, 0) is 30.1 Å². The van der Waals surface area contributed by atoms with Crippen LogP contribution in [0.1, 0.15) is 6.92 Å². The van der Waals surface area contributed by atoms with Gasteiger partial charge in [-0.15, -0.1) is 0 Å². The summed E-state index contributed by atoms with van der Waals surface area (Å²) in [7, 11) is 0.599. The second-order valence-corrected chi connectivity index (χ2v) is 3.20. The number of ether oxygens (including phenoxy) is 2. The topological polar surface area (TPSA) is 18.5 Å². The first-order chi connectivity index (χ1) is 6.12. The van der Waals surface area contributed by atoms with Gasteiger partial charge in [0.25, 0.3) is 0 Å². The molecule has 0 aromatic carbocycles. The first-order valence-corrected chi connectivity index (χ1v) is 4.20. The fraction of sp³-hybridized carbons (Fsp3) is 1.00. The van der Waals surface area contributed by atoms with Crippen molar-refractivity contribution in [1.82, 2.24) is 0 Å². The molecule has 0 aromatic rings. The van der Waals surface area contributed by atoms with Crippen molar-refractivity contribution in [2.45, 2.75) is 23.5 Å². The molecule has 14 heavy (non-hydrogen) atoms. The van der Waals surface area contributed by atoms with E-state index in [0.29, 0.717) is 7.11 Å². The lowest BCUT2D eigenvalue weighted by atomic mass is 10.3. The molecule has 0 aliphatic heterocycles. The fourth-order valence-electron chi connectivity index (χ4n) is 0.818. The van der Waals surface area contributed by atoms with Crippen molar-refractivity contribution in [2.75, 3.05) is 13.7 Å². The molecule has 0 atom stereocenters. The predicted molar refractivity (Wildman–Crippen MR) is 43.0 cm³/mol. The van der Waals surface area contributed by atoms with Crippen LogP contribution in [0.15, 0.2) is 0 Å². The zero-order valence-electron chi connectivity index (χ0n) is 7.29. The van der Waals surface area contributed by atoms with Gasteiger partial charge in [0.05, 0.1) is 0 Å². The van der Waals surface area contributed by atoms with Crippen molar-refractivity contribution in [2.24, 2.45) is 0 Å². The Labute approximate surface area is 88.1 Å². The molecule has 86 valence electrons. The van der Waals surface area contributed by atoms with Gasteiger partial charge in [-0.2, -0.15) is 17.6 Å². The van der Waals surface area contributed by atoms with Crippen LogP contribution in [0.2, 0.25) is 0 Å². The second kappa shape index (κ2) is 4.38. The summed E-state index contributed by atoms with van der Waals surface area (Å²) in [5.41, 5.74) is 0. The number of hydrogen-bond acceptors (Lipinski definition) is 2. The molecule has 0 N–H and O–H groups in total. The Bertz CT molecular complexity index is 175. The highest BCUT2D eigenvalue weighted by Gasteiger charge is 2.70. The molecule has 0 aliphatic rings. The normalized spacial score (nSPS) is 14.6. The monoisotopic (exact) mass is 258 g/mol. The summed E-state index contributed by atoms with van der Waals surface area (Å²) < 4.78 is 58.7. The molecule has 0 aliphatic carbocycles. The summed E-state index contributed by atoms with van der Waals surface area (Å²) in [6.07, 6.45) is 0. The third kappa shape index (κ3) is 2.42. The van der Waals surface area contributed by atoms with Gasteiger partial charge < -0.3 is 9.47 Å². The van der Waals surface area contributed by atoms with Crippen LogP contribution >= 0.6 is 23.2 Å². The van der Waals surface area contributed by atoms with E-state index in [1.165, 1.54) is 6.92 Å². The summed E-state index contributed by atoms with van der Waals surface area (Å²) in [5.74, 6) is -3.67. The first-order valence-electron chi connectivity index (χ1n) is 3.45. The van der Waals surface area contributed by atoms with Crippen molar-refractivity contribution in [3.63, 3.8) is 0 Å². The largest absolute Gasteiger partial charge is 0.382 e. The van der Waals surface area contributed by atoms with Crippen LogP contribution < -0.4 is 0 Å². The molecule has 0 unspecified atom stereocenters. The standard InChI is InChI=1S/C6H8Cl2F4O2/c1-3-14-4(13-2,5(7,9)10)6(8,11)12/h3H2,1-2H3. The van der Waals surface area contributed by atoms with Crippen LogP contribution in [-0.4, -0.2) is 30.3 Å². The molecule has 0 aromatic heterocycles. The molecule has 0 radical (unpaired) electrons. The van der Waals surface area contributed by atoms with Gasteiger partial charge in [0.2, 0.25) is 0 Å². The second-order valence-electron chi connectivity index (χ2n) is 2.25. The zero-order chi connectivity index (χ0) is 11.6. The Morgan fingerprint density at radius 1 is 1.07 bits per heavy atom. The summed E-state index contributed by atoms with van der Waals surface area (Å²) in [4.78, 5) is 0. The lowest BCUT2D eigenvalue weighted by molar-refractivity contribution is -0.358. The number of halogens is 6. The van der Waals surface area contributed by atoms with Crippen LogP contribution in [0.25, 0.3) is 0 Å². The van der Waals surface area contributed by atoms with E-state index in [1.54, 1.807) is 0 Å². The maximum absolute atomic E-state index is 12.7. The van der Waals surface area contributed by atoms with Crippen molar-refractivity contribution >= 4 is 23.2 Å². The van der Waals surface area contributed by atoms with Crippen molar-refractivity contribution in [3.05, 3.63) is 0 Å². The lowest BCUT2D eigenvalue weighted by Crippen LogP contribution is -2.59. The van der Waals surface area contributed by atoms with Gasteiger partial charge in [-0.1, -0.05) is 0 Å². The first kappa shape index (κ1) is 14.2. The number of hydrogen-bond donors (Lipinski definition) is 0. The highest BCUT2D eigenvalue weighted by atomic mass is 35.5. The Hall–Kier alpha value is 0.220. The molecule has 8 heteroatoms. The van der Waals surface area contributed by atoms with E-state index in [0.717, 1.165) is 0 Å². The van der Waals surface area contributed by atoms with E-state index in [9.17, 15) is 17.6 Å². The van der Waals surface area contributed by atoms with E-state index < -0.39 is 23.2 Å². The van der Waals surface area contributed by atoms with Gasteiger partial charge >= 0.3 is 16.6 Å². The van der Waals surface area contributed by atoms with Gasteiger partial charge in [-0.25, -0.2) is 0 Å². The van der Waals surface area contributed by atoms with E-state index in [-0.39, 0.29) is 0 Å². The molecule has 0 heterocycles. The van der Waals surface area contributed by atoms with Crippen molar-refractivity contribution in [1.29, 1.82) is 0 Å². The number of rotatable bonds is 5. The third-order valence-electron chi connectivity index (χ3n) is 1.38. The highest BCUT2D eigenvalue weighted by Crippen LogP contribution is 2.48. The molecule has 0 saturated heterocycles. The number of alkyl halides is 6. The Balaban J connectivity index is 5.21. The molecular formula is C6H8Cl2F4O2. The zero-order valence-corrected chi connectivity index (χ0v) is 8.80. The SMILES string of the molecule is CCOC(OC)(C(F)(F)Cl)C(F)(F)Cl. The van der Waals surface area contributed by atoms with Crippen LogP contribution in [0, 0.1) is 0 Å². The maximum atomic E-state index is 12.7. The minimum absolute atomic E-state index is 0.460.